The lowest BCUT2D eigenvalue weighted by Gasteiger charge is -2.57. The fraction of sp³-hybridized carbons (Fsp3) is 1.00. The summed E-state index contributed by atoms with van der Waals surface area (Å²) >= 11 is 0. The molecule has 0 saturated heterocycles. The lowest BCUT2D eigenvalue weighted by molar-refractivity contribution is -0.0550. The predicted octanol–water partition coefficient (Wildman–Crippen LogP) is 5.25. The summed E-state index contributed by atoms with van der Waals surface area (Å²) in [6, 6.07) is 0.824. The molecule has 4 bridgehead atoms. The molecule has 0 spiro atoms. The molecule has 21 heavy (non-hydrogen) atoms. The molecule has 4 fully saturated rings. The first kappa shape index (κ1) is 15.8. The van der Waals surface area contributed by atoms with E-state index in [9.17, 15) is 0 Å². The van der Waals surface area contributed by atoms with Crippen LogP contribution in [0.3, 0.4) is 0 Å². The average Bonchev–Trinajstić information content (AvgIpc) is 2.48. The van der Waals surface area contributed by atoms with E-state index in [0.717, 1.165) is 41.5 Å². The molecule has 0 aromatic carbocycles. The molecule has 1 nitrogen and oxygen atoms in total. The van der Waals surface area contributed by atoms with Gasteiger partial charge in [0.1, 0.15) is 0 Å². The highest BCUT2D eigenvalue weighted by atomic mass is 14.9. The van der Waals surface area contributed by atoms with Crippen LogP contribution < -0.4 is 5.32 Å². The van der Waals surface area contributed by atoms with Gasteiger partial charge in [0, 0.05) is 6.04 Å². The van der Waals surface area contributed by atoms with Crippen LogP contribution in [0, 0.1) is 35.5 Å². The third kappa shape index (κ3) is 3.33. The van der Waals surface area contributed by atoms with Gasteiger partial charge >= 0.3 is 0 Å². The zero-order valence-electron chi connectivity index (χ0n) is 14.6. The maximum absolute atomic E-state index is 4.00. The maximum atomic E-state index is 4.00. The molecule has 0 amide bonds. The summed E-state index contributed by atoms with van der Waals surface area (Å²) in [6.45, 7) is 8.33. The van der Waals surface area contributed by atoms with Crippen LogP contribution >= 0.6 is 0 Å². The van der Waals surface area contributed by atoms with E-state index < -0.39 is 0 Å². The first-order valence-corrected chi connectivity index (χ1v) is 9.98. The monoisotopic (exact) mass is 291 g/mol. The van der Waals surface area contributed by atoms with Gasteiger partial charge in [-0.25, -0.2) is 0 Å². The van der Waals surface area contributed by atoms with Crippen molar-refractivity contribution in [3.8, 4) is 0 Å². The molecule has 0 aromatic heterocycles. The molecule has 1 atom stereocenters. The lowest BCUT2D eigenvalue weighted by atomic mass is 9.50. The number of nitrogens with one attached hydrogen (secondary N) is 1. The number of hydrogen-bond acceptors (Lipinski definition) is 1. The lowest BCUT2D eigenvalue weighted by Crippen LogP contribution is -2.53. The van der Waals surface area contributed by atoms with Crippen molar-refractivity contribution in [2.75, 3.05) is 6.54 Å². The van der Waals surface area contributed by atoms with Gasteiger partial charge in [-0.2, -0.15) is 0 Å². The topological polar surface area (TPSA) is 12.0 Å². The van der Waals surface area contributed by atoms with Crippen molar-refractivity contribution in [3.63, 3.8) is 0 Å². The molecule has 1 heteroatoms. The van der Waals surface area contributed by atoms with Crippen molar-refractivity contribution in [2.45, 2.75) is 84.6 Å². The fourth-order valence-electron chi connectivity index (χ4n) is 6.31. The second-order valence-corrected chi connectivity index (χ2v) is 8.49. The van der Waals surface area contributed by atoms with Gasteiger partial charge in [-0.1, -0.05) is 33.6 Å². The van der Waals surface area contributed by atoms with Crippen molar-refractivity contribution >= 4 is 0 Å². The van der Waals surface area contributed by atoms with Gasteiger partial charge in [-0.15, -0.1) is 0 Å². The molecule has 0 aromatic rings. The molecule has 4 aliphatic carbocycles. The number of rotatable bonds is 8. The largest absolute Gasteiger partial charge is 0.314 e. The number of hydrogen-bond donors (Lipinski definition) is 1. The molecule has 1 N–H and O–H groups in total. The van der Waals surface area contributed by atoms with Gasteiger partial charge in [0.05, 0.1) is 0 Å². The van der Waals surface area contributed by atoms with Crippen LogP contribution in [0.4, 0.5) is 0 Å². The Labute approximate surface area is 132 Å². The molecule has 0 aliphatic heterocycles. The van der Waals surface area contributed by atoms with E-state index in [-0.39, 0.29) is 0 Å². The maximum Gasteiger partial charge on any atom is 0.0103 e. The molecular weight excluding hydrogens is 254 g/mol. The van der Waals surface area contributed by atoms with E-state index >= 15 is 0 Å². The average molecular weight is 292 g/mol. The normalized spacial score (nSPS) is 39.1. The van der Waals surface area contributed by atoms with Gasteiger partial charge in [0.25, 0.3) is 0 Å². The minimum absolute atomic E-state index is 0.824. The molecular formula is C20H37N. The Bertz CT molecular complexity index is 292. The molecule has 4 rings (SSSR count). The molecule has 122 valence electrons. The first-order valence-electron chi connectivity index (χ1n) is 9.98. The van der Waals surface area contributed by atoms with Crippen LogP contribution in [0.1, 0.15) is 78.6 Å². The van der Waals surface area contributed by atoms with Crippen LogP contribution in [0.15, 0.2) is 0 Å². The molecule has 4 saturated carbocycles. The summed E-state index contributed by atoms with van der Waals surface area (Å²) in [5.74, 6) is 6.34. The van der Waals surface area contributed by atoms with E-state index in [1.54, 1.807) is 32.1 Å². The summed E-state index contributed by atoms with van der Waals surface area (Å²) < 4.78 is 0. The fourth-order valence-corrected chi connectivity index (χ4v) is 6.31. The quantitative estimate of drug-likeness (QED) is 0.644. The van der Waals surface area contributed by atoms with Crippen molar-refractivity contribution in [1.29, 1.82) is 0 Å². The van der Waals surface area contributed by atoms with Gasteiger partial charge in [0.15, 0.2) is 0 Å². The summed E-state index contributed by atoms with van der Waals surface area (Å²) in [7, 11) is 0. The molecule has 1 unspecified atom stereocenters. The summed E-state index contributed by atoms with van der Waals surface area (Å²) in [5.41, 5.74) is 0. The second kappa shape index (κ2) is 7.02. The SMILES string of the molecule is CCCNC(CC(CC)CC)C1C2CC3CC(C2)CC1C3. The van der Waals surface area contributed by atoms with Gasteiger partial charge in [-0.05, 0) is 87.0 Å². The second-order valence-electron chi connectivity index (χ2n) is 8.49. The predicted molar refractivity (Wildman–Crippen MR) is 91.3 cm³/mol. The van der Waals surface area contributed by atoms with Gasteiger partial charge < -0.3 is 5.32 Å². The third-order valence-corrected chi connectivity index (χ3v) is 7.16. The highest BCUT2D eigenvalue weighted by molar-refractivity contribution is 5.01. The Balaban J connectivity index is 1.69. The van der Waals surface area contributed by atoms with Crippen molar-refractivity contribution in [3.05, 3.63) is 0 Å². The van der Waals surface area contributed by atoms with Crippen LogP contribution in [0.5, 0.6) is 0 Å². The van der Waals surface area contributed by atoms with Crippen LogP contribution in [-0.2, 0) is 0 Å². The summed E-state index contributed by atoms with van der Waals surface area (Å²) in [5, 5.41) is 4.00. The van der Waals surface area contributed by atoms with E-state index in [4.69, 9.17) is 0 Å². The van der Waals surface area contributed by atoms with E-state index in [1.165, 1.54) is 32.2 Å². The Morgan fingerprint density at radius 2 is 1.43 bits per heavy atom. The van der Waals surface area contributed by atoms with E-state index in [1.807, 2.05) is 0 Å². The smallest absolute Gasteiger partial charge is 0.0103 e. The van der Waals surface area contributed by atoms with Crippen molar-refractivity contribution < 1.29 is 0 Å². The first-order chi connectivity index (χ1) is 10.2. The van der Waals surface area contributed by atoms with Crippen LogP contribution in [0.25, 0.3) is 0 Å². The highest BCUT2D eigenvalue weighted by Crippen LogP contribution is 2.57. The highest BCUT2D eigenvalue weighted by Gasteiger charge is 2.50. The Morgan fingerprint density at radius 3 is 1.90 bits per heavy atom. The minimum atomic E-state index is 0.824. The third-order valence-electron chi connectivity index (χ3n) is 7.16. The summed E-state index contributed by atoms with van der Waals surface area (Å²) in [4.78, 5) is 0. The Morgan fingerprint density at radius 1 is 0.857 bits per heavy atom. The minimum Gasteiger partial charge on any atom is -0.314 e. The zero-order valence-corrected chi connectivity index (χ0v) is 14.6. The molecule has 4 aliphatic rings. The van der Waals surface area contributed by atoms with Crippen molar-refractivity contribution in [2.24, 2.45) is 35.5 Å². The zero-order chi connectivity index (χ0) is 14.8. The summed E-state index contributed by atoms with van der Waals surface area (Å²) in [6.07, 6.45) is 13.3. The van der Waals surface area contributed by atoms with E-state index in [0.29, 0.717) is 0 Å². The molecule has 0 radical (unpaired) electrons. The standard InChI is InChI=1S/C20H37N/c1-4-7-21-19(13-14(5-2)6-3)20-17-9-15-8-16(11-17)12-18(20)10-15/h14-21H,4-13H2,1-3H3. The Hall–Kier alpha value is -0.0400. The Kier molecular flexibility index (Phi) is 5.30. The van der Waals surface area contributed by atoms with Crippen molar-refractivity contribution in [1.82, 2.24) is 5.32 Å². The van der Waals surface area contributed by atoms with Crippen LogP contribution in [-0.4, -0.2) is 12.6 Å². The van der Waals surface area contributed by atoms with E-state index in [2.05, 4.69) is 26.1 Å². The van der Waals surface area contributed by atoms with Gasteiger partial charge in [-0.3, -0.25) is 0 Å². The van der Waals surface area contributed by atoms with Gasteiger partial charge in [0.2, 0.25) is 0 Å². The van der Waals surface area contributed by atoms with Crippen LogP contribution in [0.2, 0.25) is 0 Å². The molecule has 0 heterocycles.